The van der Waals surface area contributed by atoms with Gasteiger partial charge in [-0.1, -0.05) is 56.6 Å². The number of hydrogen-bond acceptors (Lipinski definition) is 2. The lowest BCUT2D eigenvalue weighted by atomic mass is 9.92. The Labute approximate surface area is 188 Å². The summed E-state index contributed by atoms with van der Waals surface area (Å²) in [5, 5.41) is 5.04. The van der Waals surface area contributed by atoms with E-state index in [1.54, 1.807) is 36.0 Å². The van der Waals surface area contributed by atoms with Gasteiger partial charge in [0.05, 0.1) is 27.3 Å². The first kappa shape index (κ1) is 23.2. The summed E-state index contributed by atoms with van der Waals surface area (Å²) in [7, 11) is 1.79. The fourth-order valence-corrected chi connectivity index (χ4v) is 4.04. The molecule has 0 radical (unpaired) electrons. The van der Waals surface area contributed by atoms with Crippen LogP contribution in [-0.2, 0) is 18.6 Å². The maximum Gasteiger partial charge on any atom is 0.417 e. The van der Waals surface area contributed by atoms with Gasteiger partial charge in [-0.2, -0.15) is 18.3 Å². The number of H-pyrrole nitrogens is 1. The van der Waals surface area contributed by atoms with Crippen LogP contribution in [0.15, 0.2) is 42.5 Å². The Morgan fingerprint density at radius 1 is 1.03 bits per heavy atom. The smallest absolute Gasteiger partial charge is 0.337 e. The highest BCUT2D eigenvalue weighted by atomic mass is 35.5. The van der Waals surface area contributed by atoms with Crippen LogP contribution in [-0.4, -0.2) is 19.7 Å². The Morgan fingerprint density at radius 2 is 1.71 bits per heavy atom. The minimum atomic E-state index is -4.43. The van der Waals surface area contributed by atoms with E-state index in [-0.39, 0.29) is 23.4 Å². The standard InChI is InChI=1S/C22H20ClF3N4.ClH/c1-21(2,3)19-17(23)18(30(4)29-19)20-27-15-10-9-12(11-16(15)28-20)13-7-5-6-8-14(13)22(24,25)26;/h5-11H,1-4H3,(H,27,28);1H. The number of rotatable bonds is 2. The normalized spacial score (nSPS) is 12.3. The molecule has 0 spiro atoms. The molecule has 4 aromatic rings. The number of nitrogens with one attached hydrogen (secondary N) is 1. The largest absolute Gasteiger partial charge is 0.417 e. The van der Waals surface area contributed by atoms with E-state index in [4.69, 9.17) is 11.6 Å². The highest BCUT2D eigenvalue weighted by Gasteiger charge is 2.33. The summed E-state index contributed by atoms with van der Waals surface area (Å²) in [6.07, 6.45) is -4.43. The Hall–Kier alpha value is -2.51. The number of imidazole rings is 1. The lowest BCUT2D eigenvalue weighted by molar-refractivity contribution is -0.137. The van der Waals surface area contributed by atoms with E-state index in [1.165, 1.54) is 12.1 Å². The van der Waals surface area contributed by atoms with Crippen molar-refractivity contribution < 1.29 is 13.2 Å². The number of alkyl halides is 3. The van der Waals surface area contributed by atoms with Crippen LogP contribution < -0.4 is 0 Å². The second-order valence-electron chi connectivity index (χ2n) is 8.25. The number of benzene rings is 2. The van der Waals surface area contributed by atoms with E-state index in [0.29, 0.717) is 33.1 Å². The predicted octanol–water partition coefficient (Wildman–Crippen LogP) is 7.02. The van der Waals surface area contributed by atoms with Crippen molar-refractivity contribution in [3.8, 4) is 22.6 Å². The third-order valence-corrected chi connectivity index (χ3v) is 5.31. The molecular formula is C22H21Cl2F3N4. The third-order valence-electron chi connectivity index (χ3n) is 4.95. The van der Waals surface area contributed by atoms with Gasteiger partial charge in [0.2, 0.25) is 0 Å². The monoisotopic (exact) mass is 468 g/mol. The molecule has 0 saturated heterocycles. The van der Waals surface area contributed by atoms with Crippen molar-refractivity contribution in [3.63, 3.8) is 0 Å². The number of halogens is 5. The number of fused-ring (bicyclic) bond motifs is 1. The summed E-state index contributed by atoms with van der Waals surface area (Å²) in [5.41, 5.74) is 2.30. The van der Waals surface area contributed by atoms with Gasteiger partial charge in [0.25, 0.3) is 0 Å². The number of nitrogens with zero attached hydrogens (tertiary/aromatic N) is 3. The third kappa shape index (κ3) is 4.16. The molecule has 31 heavy (non-hydrogen) atoms. The zero-order chi connectivity index (χ0) is 21.8. The first-order valence-electron chi connectivity index (χ1n) is 9.36. The van der Waals surface area contributed by atoms with Gasteiger partial charge in [0.1, 0.15) is 5.69 Å². The van der Waals surface area contributed by atoms with Crippen LogP contribution in [0.4, 0.5) is 13.2 Å². The lowest BCUT2D eigenvalue weighted by Gasteiger charge is -2.15. The molecule has 1 N–H and O–H groups in total. The summed E-state index contributed by atoms with van der Waals surface area (Å²) in [6.45, 7) is 6.07. The summed E-state index contributed by atoms with van der Waals surface area (Å²) in [4.78, 5) is 7.77. The number of aryl methyl sites for hydroxylation is 1. The second kappa shape index (κ2) is 7.88. The molecule has 0 saturated carbocycles. The number of aromatic amines is 1. The van der Waals surface area contributed by atoms with Crippen molar-refractivity contribution in [2.45, 2.75) is 32.4 Å². The van der Waals surface area contributed by atoms with Crippen LogP contribution in [0.25, 0.3) is 33.7 Å². The molecule has 0 unspecified atom stereocenters. The van der Waals surface area contributed by atoms with E-state index in [2.05, 4.69) is 15.1 Å². The summed E-state index contributed by atoms with van der Waals surface area (Å²) >= 11 is 6.61. The minimum absolute atomic E-state index is 0. The zero-order valence-corrected chi connectivity index (χ0v) is 18.9. The Bertz CT molecular complexity index is 1250. The van der Waals surface area contributed by atoms with E-state index in [1.807, 2.05) is 20.8 Å². The van der Waals surface area contributed by atoms with Crippen LogP contribution in [0.1, 0.15) is 32.0 Å². The van der Waals surface area contributed by atoms with Gasteiger partial charge in [0.15, 0.2) is 5.82 Å². The Balaban J connectivity index is 0.00000272. The van der Waals surface area contributed by atoms with Crippen LogP contribution in [0.2, 0.25) is 5.02 Å². The van der Waals surface area contributed by atoms with Crippen molar-refractivity contribution in [1.29, 1.82) is 0 Å². The molecule has 0 aliphatic rings. The van der Waals surface area contributed by atoms with Crippen LogP contribution >= 0.6 is 24.0 Å². The molecule has 2 heterocycles. The van der Waals surface area contributed by atoms with Gasteiger partial charge in [-0.3, -0.25) is 4.68 Å². The van der Waals surface area contributed by atoms with Crippen molar-refractivity contribution >= 4 is 35.0 Å². The summed E-state index contributed by atoms with van der Waals surface area (Å²) in [6, 6.07) is 10.5. The topological polar surface area (TPSA) is 46.5 Å². The average Bonchev–Trinajstić information content (AvgIpc) is 3.20. The van der Waals surface area contributed by atoms with E-state index in [0.717, 1.165) is 11.8 Å². The van der Waals surface area contributed by atoms with Crippen LogP contribution in [0, 0.1) is 0 Å². The summed E-state index contributed by atoms with van der Waals surface area (Å²) in [5.74, 6) is 0.516. The Morgan fingerprint density at radius 3 is 2.32 bits per heavy atom. The molecule has 0 aliphatic heterocycles. The quantitative estimate of drug-likeness (QED) is 0.343. The molecule has 9 heteroatoms. The van der Waals surface area contributed by atoms with Gasteiger partial charge >= 0.3 is 6.18 Å². The molecule has 0 fully saturated rings. The SMILES string of the molecule is Cl.Cn1nc(C(C)(C)C)c(Cl)c1-c1nc2ccc(-c3ccccc3C(F)(F)F)cc2[nH]1. The molecule has 164 valence electrons. The lowest BCUT2D eigenvalue weighted by Crippen LogP contribution is -2.12. The predicted molar refractivity (Wildman–Crippen MR) is 120 cm³/mol. The van der Waals surface area contributed by atoms with Gasteiger partial charge in [-0.25, -0.2) is 4.98 Å². The number of hydrogen-bond donors (Lipinski definition) is 1. The summed E-state index contributed by atoms with van der Waals surface area (Å²) < 4.78 is 41.9. The van der Waals surface area contributed by atoms with Crippen molar-refractivity contribution in [1.82, 2.24) is 19.7 Å². The van der Waals surface area contributed by atoms with Crippen molar-refractivity contribution in [2.75, 3.05) is 0 Å². The minimum Gasteiger partial charge on any atom is -0.337 e. The van der Waals surface area contributed by atoms with Crippen molar-refractivity contribution in [3.05, 3.63) is 58.7 Å². The second-order valence-corrected chi connectivity index (χ2v) is 8.62. The highest BCUT2D eigenvalue weighted by molar-refractivity contribution is 6.33. The average molecular weight is 469 g/mol. The molecule has 4 rings (SSSR count). The molecule has 0 bridgehead atoms. The van der Waals surface area contributed by atoms with E-state index in [9.17, 15) is 13.2 Å². The fraction of sp³-hybridized carbons (Fsp3) is 0.273. The highest BCUT2D eigenvalue weighted by Crippen LogP contribution is 2.39. The van der Waals surface area contributed by atoms with Crippen LogP contribution in [0.3, 0.4) is 0 Å². The maximum atomic E-state index is 13.4. The molecule has 0 amide bonds. The fourth-order valence-electron chi connectivity index (χ4n) is 3.51. The molecule has 4 nitrogen and oxygen atoms in total. The van der Waals surface area contributed by atoms with Gasteiger partial charge < -0.3 is 4.98 Å². The van der Waals surface area contributed by atoms with E-state index < -0.39 is 11.7 Å². The van der Waals surface area contributed by atoms with Gasteiger partial charge in [-0.15, -0.1) is 12.4 Å². The zero-order valence-electron chi connectivity index (χ0n) is 17.3. The first-order chi connectivity index (χ1) is 14.0. The van der Waals surface area contributed by atoms with E-state index >= 15 is 0 Å². The molecular weight excluding hydrogens is 448 g/mol. The molecule has 0 aliphatic carbocycles. The number of aromatic nitrogens is 4. The molecule has 0 atom stereocenters. The first-order valence-corrected chi connectivity index (χ1v) is 9.74. The maximum absolute atomic E-state index is 13.4. The van der Waals surface area contributed by atoms with Crippen molar-refractivity contribution in [2.24, 2.45) is 7.05 Å². The van der Waals surface area contributed by atoms with Gasteiger partial charge in [-0.05, 0) is 29.3 Å². The Kier molecular flexibility index (Phi) is 5.88. The van der Waals surface area contributed by atoms with Crippen LogP contribution in [0.5, 0.6) is 0 Å². The molecule has 2 aromatic carbocycles. The van der Waals surface area contributed by atoms with Gasteiger partial charge in [0, 0.05) is 12.5 Å². The molecule has 2 aromatic heterocycles.